The number of carbonyl (C=O) groups is 1. The van der Waals surface area contributed by atoms with Crippen LogP contribution in [0.2, 0.25) is 0 Å². The van der Waals surface area contributed by atoms with Crippen LogP contribution in [0.3, 0.4) is 0 Å². The molecule has 0 aliphatic carbocycles. The van der Waals surface area contributed by atoms with Gasteiger partial charge in [0, 0.05) is 69.6 Å². The minimum Gasteiger partial charge on any atom is -0.394 e. The number of aliphatic hydroxyl groups excluding tert-OH is 8. The van der Waals surface area contributed by atoms with Gasteiger partial charge in [-0.05, 0) is 124 Å². The Morgan fingerprint density at radius 1 is 0.754 bits per heavy atom. The molecule has 7 rings (SSSR count). The number of aromatic amines is 2. The molecule has 3 aromatic heterocycles. The summed E-state index contributed by atoms with van der Waals surface area (Å²) in [5, 5.41) is 80.8. The number of carbonyl (C=O) groups excluding carboxylic acids is 1. The summed E-state index contributed by atoms with van der Waals surface area (Å²) in [6.07, 6.45) is -5.30. The normalized spacial score (nSPS) is 28.8. The summed E-state index contributed by atoms with van der Waals surface area (Å²) in [5.41, 5.74) is 12.1. The van der Waals surface area contributed by atoms with Gasteiger partial charge in [-0.15, -0.1) is 23.5 Å². The number of hydrogen-bond acceptors (Lipinski definition) is 17. The summed E-state index contributed by atoms with van der Waals surface area (Å²) in [6.45, 7) is 14.2. The largest absolute Gasteiger partial charge is 0.394 e. The van der Waals surface area contributed by atoms with Crippen molar-refractivity contribution >= 4 is 74.1 Å². The third-order valence-electron chi connectivity index (χ3n) is 14.0. The van der Waals surface area contributed by atoms with Crippen LogP contribution in [0, 0.1) is 20.8 Å². The van der Waals surface area contributed by atoms with E-state index in [2.05, 4.69) is 75.8 Å². The molecule has 8 bridgehead atoms. The summed E-state index contributed by atoms with van der Waals surface area (Å²) in [5.74, 6) is 1.59. The van der Waals surface area contributed by atoms with E-state index in [9.17, 15) is 45.6 Å². The maximum atomic E-state index is 13.4. The zero-order valence-corrected chi connectivity index (χ0v) is 42.9. The van der Waals surface area contributed by atoms with Gasteiger partial charge in [0.15, 0.2) is 5.12 Å². The van der Waals surface area contributed by atoms with Gasteiger partial charge in [0.2, 0.25) is 0 Å². The lowest BCUT2D eigenvalue weighted by molar-refractivity contribution is -0.205. The molecule has 0 spiro atoms. The molecule has 2 saturated heterocycles. The van der Waals surface area contributed by atoms with Crippen molar-refractivity contribution < 1.29 is 59.9 Å². The highest BCUT2D eigenvalue weighted by molar-refractivity contribution is 8.13. The summed E-state index contributed by atoms with van der Waals surface area (Å²) in [6, 6.07) is 6.40. The third kappa shape index (κ3) is 11.8. The second-order valence-electron chi connectivity index (χ2n) is 18.6. The van der Waals surface area contributed by atoms with Crippen LogP contribution in [-0.4, -0.2) is 163 Å². The highest BCUT2D eigenvalue weighted by Gasteiger charge is 2.44. The first-order chi connectivity index (χ1) is 33.0. The van der Waals surface area contributed by atoms with Crippen molar-refractivity contribution in [2.45, 2.75) is 158 Å². The first kappa shape index (κ1) is 53.9. The van der Waals surface area contributed by atoms with E-state index in [0.29, 0.717) is 49.5 Å². The van der Waals surface area contributed by atoms with E-state index in [0.717, 1.165) is 79.1 Å². The fraction of sp³-hybridized carbons (Fsp3) is 0.620. The maximum absolute atomic E-state index is 13.4. The van der Waals surface area contributed by atoms with Crippen LogP contribution in [0.25, 0.3) is 33.7 Å². The number of H-pyrrole nitrogens is 2. The zero-order chi connectivity index (χ0) is 49.8. The predicted molar refractivity (Wildman–Crippen MR) is 272 cm³/mol. The molecule has 16 nitrogen and oxygen atoms in total. The van der Waals surface area contributed by atoms with E-state index in [1.807, 2.05) is 6.92 Å². The number of aliphatic hydroxyl groups is 8. The summed E-state index contributed by atoms with van der Waals surface area (Å²) >= 11 is 3.87. The highest BCUT2D eigenvalue weighted by atomic mass is 32.2. The van der Waals surface area contributed by atoms with E-state index in [1.165, 1.54) is 40.8 Å². The predicted octanol–water partition coefficient (Wildman–Crippen LogP) is 5.21. The monoisotopic (exact) mass is 1010 g/mol. The molecule has 2 fully saturated rings. The second kappa shape index (κ2) is 23.8. The lowest BCUT2D eigenvalue weighted by Crippen LogP contribution is -2.57. The van der Waals surface area contributed by atoms with E-state index in [1.54, 1.807) is 0 Å². The van der Waals surface area contributed by atoms with E-state index < -0.39 is 72.9 Å². The average Bonchev–Trinajstić information content (AvgIpc) is 4.04. The van der Waals surface area contributed by atoms with Crippen LogP contribution >= 0.6 is 35.3 Å². The number of aromatic nitrogens is 4. The van der Waals surface area contributed by atoms with Crippen molar-refractivity contribution in [1.29, 1.82) is 0 Å². The smallest absolute Gasteiger partial charge is 0.188 e. The number of nitrogens with one attached hydrogen (secondary N) is 2. The van der Waals surface area contributed by atoms with Crippen LogP contribution in [0.5, 0.6) is 0 Å². The molecule has 0 radical (unpaired) electrons. The molecule has 0 aromatic carbocycles. The average molecular weight is 1020 g/mol. The molecule has 19 heteroatoms. The number of fused-ring (bicyclic) bond motifs is 8. The van der Waals surface area contributed by atoms with Crippen molar-refractivity contribution in [3.05, 3.63) is 68.8 Å². The number of hydrogen-bond donors (Lipinski definition) is 10. The minimum atomic E-state index is -1.42. The SMILES string of the molecule is CCc1c(C)c2cc3[nH]c(cc4nc(c(C)c5nc(cc1[nH]2)C(C)=C5)[C@@H](CCC(=O)SCCCS[C@@H]1O[C@H](CO)[C@@H](O)[C@H](O)[C@H]1O)[C@@H]4C)c(C)c3C(C)OCCCS[C@@H]1O[C@H](CO)[C@@H](O)[C@H](O)[C@H]1O. The molecule has 380 valence electrons. The van der Waals surface area contributed by atoms with Gasteiger partial charge in [-0.25, -0.2) is 4.98 Å². The Kier molecular flexibility index (Phi) is 18.6. The summed E-state index contributed by atoms with van der Waals surface area (Å²) in [4.78, 5) is 31.4. The van der Waals surface area contributed by atoms with Gasteiger partial charge in [-0.1, -0.05) is 25.6 Å². The van der Waals surface area contributed by atoms with Crippen LogP contribution < -0.4 is 0 Å². The summed E-state index contributed by atoms with van der Waals surface area (Å²) in [7, 11) is 0. The highest BCUT2D eigenvalue weighted by Crippen LogP contribution is 2.43. The van der Waals surface area contributed by atoms with Crippen LogP contribution in [0.4, 0.5) is 0 Å². The maximum Gasteiger partial charge on any atom is 0.188 e. The number of thioether (sulfide) groups is 3. The molecular formula is C50H70N4O12S3. The van der Waals surface area contributed by atoms with Gasteiger partial charge in [0.1, 0.15) is 59.7 Å². The van der Waals surface area contributed by atoms with Gasteiger partial charge < -0.3 is 65.0 Å². The Bertz CT molecular complexity index is 2480. The van der Waals surface area contributed by atoms with Crippen molar-refractivity contribution in [3.63, 3.8) is 0 Å². The van der Waals surface area contributed by atoms with Crippen LogP contribution in [0.1, 0.15) is 122 Å². The summed E-state index contributed by atoms with van der Waals surface area (Å²) < 4.78 is 17.8. The van der Waals surface area contributed by atoms with Gasteiger partial charge in [0.25, 0.3) is 0 Å². The molecule has 4 aliphatic rings. The standard InChI is InChI=1S/C50H70N4O12S3/c1-8-29-24(3)33-20-37-41(28(7)64-13-9-14-68-49-47(62)45(60)43(58)38(21-55)65-49)26(5)35(53-37)19-34-25(4)30(42(54-34)27(6)32-17-23(2)31(51-32)18-36(29)52-33)11-12-40(57)67-15-10-16-69-50-48(63)46(61)44(59)39(22-56)66-50/h17-20,25,28,30,38-39,43-50,52-53,55-56,58-63H,8-16,21-22H2,1-7H3/t25-,28?,30-,38+,39+,43+,44+,45-,46-,47+,48+,49-,50-/m0/s1. The molecule has 3 aromatic rings. The van der Waals surface area contributed by atoms with Gasteiger partial charge in [-0.3, -0.25) is 9.78 Å². The van der Waals surface area contributed by atoms with Crippen molar-refractivity contribution in [3.8, 4) is 0 Å². The lowest BCUT2D eigenvalue weighted by Gasteiger charge is -2.39. The van der Waals surface area contributed by atoms with Gasteiger partial charge >= 0.3 is 0 Å². The van der Waals surface area contributed by atoms with Crippen molar-refractivity contribution in [2.24, 2.45) is 0 Å². The van der Waals surface area contributed by atoms with Gasteiger partial charge in [0.05, 0.1) is 30.7 Å². The van der Waals surface area contributed by atoms with Crippen molar-refractivity contribution in [2.75, 3.05) is 37.1 Å². The van der Waals surface area contributed by atoms with E-state index >= 15 is 0 Å². The second-order valence-corrected chi connectivity index (χ2v) is 22.2. The van der Waals surface area contributed by atoms with Crippen LogP contribution in [-0.2, 0) is 25.4 Å². The fourth-order valence-corrected chi connectivity index (χ4v) is 12.9. The first-order valence-corrected chi connectivity index (χ1v) is 27.1. The number of aryl methyl sites for hydroxylation is 3. The third-order valence-corrected chi connectivity index (χ3v) is 17.5. The molecule has 1 unspecified atom stereocenters. The fourth-order valence-electron chi connectivity index (χ4n) is 9.75. The first-order valence-electron chi connectivity index (χ1n) is 24.0. The topological polar surface area (TPSA) is 264 Å². The molecule has 0 amide bonds. The molecule has 7 heterocycles. The Balaban J connectivity index is 1.12. The van der Waals surface area contributed by atoms with Gasteiger partial charge in [-0.2, -0.15) is 0 Å². The van der Waals surface area contributed by atoms with Crippen LogP contribution in [0.15, 0.2) is 18.2 Å². The number of ether oxygens (including phenoxy) is 3. The van der Waals surface area contributed by atoms with E-state index in [4.69, 9.17) is 24.2 Å². The lowest BCUT2D eigenvalue weighted by atomic mass is 9.86. The molecule has 69 heavy (non-hydrogen) atoms. The molecule has 10 N–H and O–H groups in total. The minimum absolute atomic E-state index is 0.0196. The zero-order valence-electron chi connectivity index (χ0n) is 40.4. The number of allylic oxidation sites excluding steroid dienone is 1. The number of nitrogens with zero attached hydrogens (tertiary/aromatic N) is 2. The molecular weight excluding hydrogens is 945 g/mol. The molecule has 13 atom stereocenters. The Morgan fingerprint density at radius 3 is 1.99 bits per heavy atom. The molecule has 4 aliphatic heterocycles. The Hall–Kier alpha value is -2.86. The Labute approximate surface area is 416 Å². The Morgan fingerprint density at radius 2 is 1.36 bits per heavy atom. The van der Waals surface area contributed by atoms with E-state index in [-0.39, 0.29) is 23.1 Å². The number of rotatable bonds is 18. The molecule has 0 saturated carbocycles. The van der Waals surface area contributed by atoms with Crippen molar-refractivity contribution in [1.82, 2.24) is 19.9 Å². The quantitative estimate of drug-likeness (QED) is 0.0733.